The Balaban J connectivity index is 3.43. The molecule has 0 aromatic carbocycles. The highest BCUT2D eigenvalue weighted by Crippen LogP contribution is 2.28. The van der Waals surface area contributed by atoms with Gasteiger partial charge in [0, 0.05) is 26.1 Å². The topological polar surface area (TPSA) is 40.5 Å². The van der Waals surface area contributed by atoms with Crippen LogP contribution in [0.15, 0.2) is 0 Å². The molecule has 0 aliphatic carbocycles. The summed E-state index contributed by atoms with van der Waals surface area (Å²) >= 11 is 11.2. The molecule has 0 unspecified atom stereocenters. The molecule has 0 fully saturated rings. The van der Waals surface area contributed by atoms with Crippen LogP contribution in [0.4, 0.5) is 0 Å². The van der Waals surface area contributed by atoms with E-state index in [2.05, 4.69) is 0 Å². The molecule has 9 heavy (non-hydrogen) atoms. The number of hydrogen-bond acceptors (Lipinski definition) is 2. The van der Waals surface area contributed by atoms with Gasteiger partial charge in [0.1, 0.15) is 4.33 Å². The third kappa shape index (κ3) is 4.97. The molecule has 0 saturated carbocycles. The fourth-order valence-corrected chi connectivity index (χ4v) is 0.790. The number of rotatable bonds is 4. The smallest absolute Gasteiger partial charge is 0.122 e. The summed E-state index contributed by atoms with van der Waals surface area (Å²) in [6.45, 7) is -0.0972. The zero-order valence-electron chi connectivity index (χ0n) is 4.98. The number of halogens is 2. The molecule has 0 radical (unpaired) electrons. The van der Waals surface area contributed by atoms with Gasteiger partial charge in [-0.2, -0.15) is 0 Å². The van der Waals surface area contributed by atoms with E-state index >= 15 is 0 Å². The van der Waals surface area contributed by atoms with Crippen LogP contribution in [0.25, 0.3) is 0 Å². The Bertz CT molecular complexity index is 67.4. The van der Waals surface area contributed by atoms with E-state index in [-0.39, 0.29) is 13.2 Å². The largest absolute Gasteiger partial charge is 0.396 e. The summed E-state index contributed by atoms with van der Waals surface area (Å²) < 4.78 is -0.955. The van der Waals surface area contributed by atoms with Gasteiger partial charge in [-0.15, -0.1) is 23.2 Å². The maximum Gasteiger partial charge on any atom is 0.122 e. The molecule has 0 aromatic rings. The molecule has 0 aromatic heterocycles. The van der Waals surface area contributed by atoms with Crippen LogP contribution in [0.3, 0.4) is 0 Å². The van der Waals surface area contributed by atoms with Crippen molar-refractivity contribution >= 4 is 23.2 Å². The molecule has 4 heteroatoms. The summed E-state index contributed by atoms with van der Waals surface area (Å²) in [5.41, 5.74) is 0. The molecule has 0 spiro atoms. The van der Waals surface area contributed by atoms with Crippen LogP contribution in [0.1, 0.15) is 12.8 Å². The summed E-state index contributed by atoms with van der Waals surface area (Å²) in [5, 5.41) is 16.8. The highest BCUT2D eigenvalue weighted by Gasteiger charge is 2.21. The van der Waals surface area contributed by atoms with Crippen molar-refractivity contribution in [3.05, 3.63) is 0 Å². The van der Waals surface area contributed by atoms with Crippen molar-refractivity contribution in [1.29, 1.82) is 0 Å². The minimum Gasteiger partial charge on any atom is -0.396 e. The van der Waals surface area contributed by atoms with Crippen LogP contribution >= 0.6 is 23.2 Å². The first-order chi connectivity index (χ1) is 4.12. The summed E-state index contributed by atoms with van der Waals surface area (Å²) in [5.74, 6) is 0. The lowest BCUT2D eigenvalue weighted by atomic mass is 10.2. The van der Waals surface area contributed by atoms with Gasteiger partial charge in [-0.1, -0.05) is 0 Å². The summed E-state index contributed by atoms with van der Waals surface area (Å²) in [7, 11) is 0. The van der Waals surface area contributed by atoms with E-state index in [0.717, 1.165) is 0 Å². The first kappa shape index (κ1) is 9.50. The van der Waals surface area contributed by atoms with Gasteiger partial charge in [0.25, 0.3) is 0 Å². The van der Waals surface area contributed by atoms with Gasteiger partial charge >= 0.3 is 0 Å². The second-order valence-corrected chi connectivity index (χ2v) is 3.44. The Morgan fingerprint density at radius 1 is 1.00 bits per heavy atom. The SMILES string of the molecule is OCCC(Cl)(Cl)CCO. The van der Waals surface area contributed by atoms with Gasteiger partial charge in [-0.25, -0.2) is 0 Å². The Kier molecular flexibility index (Phi) is 4.58. The van der Waals surface area contributed by atoms with Crippen molar-refractivity contribution in [2.75, 3.05) is 13.2 Å². The van der Waals surface area contributed by atoms with Gasteiger partial charge in [0.2, 0.25) is 0 Å². The van der Waals surface area contributed by atoms with E-state index in [1.54, 1.807) is 0 Å². The van der Waals surface area contributed by atoms with Crippen LogP contribution in [-0.2, 0) is 0 Å². The first-order valence-electron chi connectivity index (χ1n) is 2.72. The quantitative estimate of drug-likeness (QED) is 0.620. The number of alkyl halides is 2. The summed E-state index contributed by atoms with van der Waals surface area (Å²) in [6.07, 6.45) is 0.605. The van der Waals surface area contributed by atoms with Crippen LogP contribution in [0, 0.1) is 0 Å². The molecular formula is C5H10Cl2O2. The van der Waals surface area contributed by atoms with Crippen LogP contribution in [-0.4, -0.2) is 27.8 Å². The van der Waals surface area contributed by atoms with E-state index in [9.17, 15) is 0 Å². The lowest BCUT2D eigenvalue weighted by Crippen LogP contribution is -2.16. The van der Waals surface area contributed by atoms with Gasteiger partial charge in [-0.05, 0) is 0 Å². The fraction of sp³-hybridized carbons (Fsp3) is 1.00. The minimum atomic E-state index is -0.955. The van der Waals surface area contributed by atoms with Crippen molar-refractivity contribution in [1.82, 2.24) is 0 Å². The first-order valence-corrected chi connectivity index (χ1v) is 3.47. The van der Waals surface area contributed by atoms with Crippen LogP contribution < -0.4 is 0 Å². The second-order valence-electron chi connectivity index (χ2n) is 1.80. The average molecular weight is 173 g/mol. The number of hydrogen-bond donors (Lipinski definition) is 2. The van der Waals surface area contributed by atoms with E-state index in [1.165, 1.54) is 0 Å². The number of aliphatic hydroxyl groups is 2. The maximum absolute atomic E-state index is 8.38. The molecule has 0 aliphatic rings. The third-order valence-electron chi connectivity index (χ3n) is 0.955. The molecule has 56 valence electrons. The second kappa shape index (κ2) is 4.34. The molecule has 0 rings (SSSR count). The zero-order valence-corrected chi connectivity index (χ0v) is 6.49. The van der Waals surface area contributed by atoms with E-state index in [0.29, 0.717) is 12.8 Å². The molecule has 0 heterocycles. The van der Waals surface area contributed by atoms with Crippen molar-refractivity contribution < 1.29 is 10.2 Å². The van der Waals surface area contributed by atoms with Crippen molar-refractivity contribution in [3.8, 4) is 0 Å². The molecule has 0 bridgehead atoms. The molecule has 0 atom stereocenters. The Hall–Kier alpha value is 0.500. The molecule has 0 saturated heterocycles. The molecular weight excluding hydrogens is 163 g/mol. The highest BCUT2D eigenvalue weighted by molar-refractivity contribution is 6.48. The van der Waals surface area contributed by atoms with Gasteiger partial charge in [0.15, 0.2) is 0 Å². The van der Waals surface area contributed by atoms with Crippen molar-refractivity contribution in [2.45, 2.75) is 17.2 Å². The highest BCUT2D eigenvalue weighted by atomic mass is 35.5. The van der Waals surface area contributed by atoms with E-state index in [1.807, 2.05) is 0 Å². The molecule has 2 N–H and O–H groups in total. The summed E-state index contributed by atoms with van der Waals surface area (Å²) in [6, 6.07) is 0. The minimum absolute atomic E-state index is 0.0486. The third-order valence-corrected chi connectivity index (χ3v) is 1.71. The predicted octanol–water partition coefficient (Wildman–Crippen LogP) is 0.925. The fourth-order valence-electron chi connectivity index (χ4n) is 0.452. The Morgan fingerprint density at radius 3 is 1.56 bits per heavy atom. The molecule has 0 amide bonds. The lowest BCUT2D eigenvalue weighted by molar-refractivity contribution is 0.250. The zero-order chi connectivity index (χ0) is 7.33. The molecule has 0 aliphatic heterocycles. The van der Waals surface area contributed by atoms with Crippen molar-refractivity contribution in [3.63, 3.8) is 0 Å². The normalized spacial score (nSPS) is 12.0. The predicted molar refractivity (Wildman–Crippen MR) is 37.8 cm³/mol. The lowest BCUT2D eigenvalue weighted by Gasteiger charge is -2.15. The Morgan fingerprint density at radius 2 is 1.33 bits per heavy atom. The van der Waals surface area contributed by atoms with Gasteiger partial charge in [-0.3, -0.25) is 0 Å². The standard InChI is InChI=1S/C5H10Cl2O2/c6-5(7,1-3-8)2-4-9/h8-9H,1-4H2. The van der Waals surface area contributed by atoms with Crippen LogP contribution in [0.2, 0.25) is 0 Å². The summed E-state index contributed by atoms with van der Waals surface area (Å²) in [4.78, 5) is 0. The molecule has 2 nitrogen and oxygen atoms in total. The van der Waals surface area contributed by atoms with Crippen LogP contribution in [0.5, 0.6) is 0 Å². The Labute approximate surface area is 64.4 Å². The van der Waals surface area contributed by atoms with Crippen molar-refractivity contribution in [2.24, 2.45) is 0 Å². The van der Waals surface area contributed by atoms with Gasteiger partial charge in [0.05, 0.1) is 0 Å². The average Bonchev–Trinajstić information content (AvgIpc) is 1.64. The van der Waals surface area contributed by atoms with E-state index < -0.39 is 4.33 Å². The van der Waals surface area contributed by atoms with Gasteiger partial charge < -0.3 is 10.2 Å². The van der Waals surface area contributed by atoms with E-state index in [4.69, 9.17) is 33.4 Å². The monoisotopic (exact) mass is 172 g/mol. The maximum atomic E-state index is 8.38. The number of aliphatic hydroxyl groups excluding tert-OH is 2.